The molecular weight excluding hydrogens is 425 g/mol. The lowest BCUT2D eigenvalue weighted by Crippen LogP contribution is -2.35. The van der Waals surface area contributed by atoms with Crippen molar-refractivity contribution in [2.45, 2.75) is 6.17 Å². The molecule has 1 atom stereocenters. The van der Waals surface area contributed by atoms with Crippen LogP contribution in [0.4, 0.5) is 8.78 Å². The Labute approximate surface area is 151 Å². The molecule has 0 bridgehead atoms. The maximum Gasteiger partial charge on any atom is 0.156 e. The standard InChI is InChI=1S/C17H13F2IN4/c1-23-9-13(16(22-23)10-2-4-12(18)5-3-10)11-6-14(19)17-21-7-15(20)24(17)8-11/h2-9,17,21H,1H3. The van der Waals surface area contributed by atoms with Crippen LogP contribution < -0.4 is 5.32 Å². The largest absolute Gasteiger partial charge is 0.363 e. The van der Waals surface area contributed by atoms with Gasteiger partial charge in [0.1, 0.15) is 17.3 Å². The maximum absolute atomic E-state index is 14.4. The van der Waals surface area contributed by atoms with Gasteiger partial charge in [-0.2, -0.15) is 5.10 Å². The molecule has 1 unspecified atom stereocenters. The van der Waals surface area contributed by atoms with Gasteiger partial charge in [0.25, 0.3) is 0 Å². The van der Waals surface area contributed by atoms with Crippen molar-refractivity contribution in [1.29, 1.82) is 0 Å². The highest BCUT2D eigenvalue weighted by Gasteiger charge is 2.31. The highest BCUT2D eigenvalue weighted by atomic mass is 127. The summed E-state index contributed by atoms with van der Waals surface area (Å²) >= 11 is 2.16. The zero-order valence-corrected chi connectivity index (χ0v) is 14.8. The lowest BCUT2D eigenvalue weighted by molar-refractivity contribution is 0.346. The summed E-state index contributed by atoms with van der Waals surface area (Å²) < 4.78 is 30.2. The van der Waals surface area contributed by atoms with Gasteiger partial charge in [-0.1, -0.05) is 0 Å². The summed E-state index contributed by atoms with van der Waals surface area (Å²) in [4.78, 5) is 1.84. The third-order valence-corrected chi connectivity index (χ3v) is 4.84. The lowest BCUT2D eigenvalue weighted by Gasteiger charge is -2.27. The fourth-order valence-electron chi connectivity index (χ4n) is 2.86. The first-order valence-corrected chi connectivity index (χ1v) is 8.40. The van der Waals surface area contributed by atoms with Gasteiger partial charge in [-0.15, -0.1) is 0 Å². The van der Waals surface area contributed by atoms with Crippen LogP contribution >= 0.6 is 22.6 Å². The molecule has 1 aromatic carbocycles. The van der Waals surface area contributed by atoms with E-state index >= 15 is 0 Å². The number of allylic oxidation sites excluding steroid dienone is 2. The second-order valence-corrected chi connectivity index (χ2v) is 6.73. The highest BCUT2D eigenvalue weighted by molar-refractivity contribution is 14.1. The minimum Gasteiger partial charge on any atom is -0.363 e. The Morgan fingerprint density at radius 3 is 2.71 bits per heavy atom. The lowest BCUT2D eigenvalue weighted by atomic mass is 10.00. The molecule has 7 heteroatoms. The summed E-state index contributed by atoms with van der Waals surface area (Å²) in [7, 11) is 1.81. The fraction of sp³-hybridized carbons (Fsp3) is 0.118. The first-order valence-electron chi connectivity index (χ1n) is 7.32. The quantitative estimate of drug-likeness (QED) is 0.571. The molecule has 0 fully saturated rings. The van der Waals surface area contributed by atoms with Gasteiger partial charge in [0, 0.05) is 42.3 Å². The summed E-state index contributed by atoms with van der Waals surface area (Å²) in [6.07, 6.45) is 6.56. The Bertz CT molecular complexity index is 896. The molecule has 2 aromatic rings. The number of aromatic nitrogens is 2. The minimum absolute atomic E-state index is 0.260. The van der Waals surface area contributed by atoms with E-state index < -0.39 is 6.17 Å². The van der Waals surface area contributed by atoms with Crippen molar-refractivity contribution in [2.24, 2.45) is 7.05 Å². The van der Waals surface area contributed by atoms with Gasteiger partial charge in [-0.05, 0) is 52.9 Å². The zero-order chi connectivity index (χ0) is 16.8. The molecule has 0 aliphatic carbocycles. The number of halogens is 3. The number of nitrogens with zero attached hydrogens (tertiary/aromatic N) is 3. The predicted octanol–water partition coefficient (Wildman–Crippen LogP) is 3.90. The number of rotatable bonds is 2. The second kappa shape index (κ2) is 5.73. The molecule has 0 spiro atoms. The van der Waals surface area contributed by atoms with Crippen molar-refractivity contribution in [3.05, 3.63) is 69.8 Å². The van der Waals surface area contributed by atoms with E-state index in [0.717, 1.165) is 20.4 Å². The van der Waals surface area contributed by atoms with E-state index in [9.17, 15) is 8.78 Å². The summed E-state index contributed by atoms with van der Waals surface area (Å²) in [6, 6.07) is 6.14. The van der Waals surface area contributed by atoms with Crippen molar-refractivity contribution >= 4 is 28.2 Å². The molecule has 0 saturated carbocycles. The van der Waals surface area contributed by atoms with E-state index in [1.807, 2.05) is 24.3 Å². The molecule has 1 aromatic heterocycles. The van der Waals surface area contributed by atoms with E-state index in [-0.39, 0.29) is 11.6 Å². The van der Waals surface area contributed by atoms with E-state index in [1.165, 1.54) is 18.2 Å². The molecule has 1 N–H and O–H groups in total. The van der Waals surface area contributed by atoms with Crippen molar-refractivity contribution < 1.29 is 8.78 Å². The molecule has 0 amide bonds. The molecule has 0 saturated heterocycles. The number of hydrogen-bond donors (Lipinski definition) is 1. The monoisotopic (exact) mass is 438 g/mol. The van der Waals surface area contributed by atoms with E-state index in [2.05, 4.69) is 33.0 Å². The van der Waals surface area contributed by atoms with Crippen molar-refractivity contribution in [2.75, 3.05) is 0 Å². The number of aryl methyl sites for hydroxylation is 1. The van der Waals surface area contributed by atoms with Crippen LogP contribution in [0.25, 0.3) is 16.8 Å². The first-order chi connectivity index (χ1) is 11.5. The summed E-state index contributed by atoms with van der Waals surface area (Å²) in [5, 5.41) is 7.46. The Morgan fingerprint density at radius 1 is 1.21 bits per heavy atom. The van der Waals surface area contributed by atoms with Crippen LogP contribution in [0.3, 0.4) is 0 Å². The maximum atomic E-state index is 14.4. The summed E-state index contributed by atoms with van der Waals surface area (Å²) in [5.41, 5.74) is 3.00. The van der Waals surface area contributed by atoms with Crippen LogP contribution in [0.1, 0.15) is 5.56 Å². The topological polar surface area (TPSA) is 33.1 Å². The van der Waals surface area contributed by atoms with Crippen LogP contribution in [0.15, 0.2) is 58.5 Å². The van der Waals surface area contributed by atoms with Crippen LogP contribution in [0, 0.1) is 5.82 Å². The van der Waals surface area contributed by atoms with Gasteiger partial charge >= 0.3 is 0 Å². The fourth-order valence-corrected chi connectivity index (χ4v) is 3.45. The van der Waals surface area contributed by atoms with Crippen molar-refractivity contribution in [3.8, 4) is 11.3 Å². The second-order valence-electron chi connectivity index (χ2n) is 5.63. The Balaban J connectivity index is 1.81. The number of nitrogens with one attached hydrogen (secondary N) is 1. The third-order valence-electron chi connectivity index (χ3n) is 3.98. The van der Waals surface area contributed by atoms with Crippen LogP contribution in [0.5, 0.6) is 0 Å². The first kappa shape index (κ1) is 15.4. The van der Waals surface area contributed by atoms with Gasteiger partial charge in [-0.3, -0.25) is 4.68 Å². The van der Waals surface area contributed by atoms with E-state index in [1.54, 1.807) is 23.0 Å². The smallest absolute Gasteiger partial charge is 0.156 e. The summed E-state index contributed by atoms with van der Waals surface area (Å²) in [6.45, 7) is 0. The predicted molar refractivity (Wildman–Crippen MR) is 96.6 cm³/mol. The number of hydrogen-bond acceptors (Lipinski definition) is 3. The van der Waals surface area contributed by atoms with E-state index in [4.69, 9.17) is 0 Å². The molecule has 3 heterocycles. The molecule has 122 valence electrons. The Morgan fingerprint density at radius 2 is 1.96 bits per heavy atom. The van der Waals surface area contributed by atoms with Crippen LogP contribution in [-0.2, 0) is 7.05 Å². The molecule has 4 rings (SSSR count). The van der Waals surface area contributed by atoms with Gasteiger partial charge < -0.3 is 10.2 Å². The van der Waals surface area contributed by atoms with E-state index in [0.29, 0.717) is 5.69 Å². The van der Waals surface area contributed by atoms with Crippen molar-refractivity contribution in [1.82, 2.24) is 20.0 Å². The average molecular weight is 438 g/mol. The zero-order valence-electron chi connectivity index (χ0n) is 12.7. The molecule has 24 heavy (non-hydrogen) atoms. The number of benzene rings is 1. The van der Waals surface area contributed by atoms with Gasteiger partial charge in [0.2, 0.25) is 0 Å². The van der Waals surface area contributed by atoms with Gasteiger partial charge in [0.15, 0.2) is 6.17 Å². The Kier molecular flexibility index (Phi) is 3.67. The minimum atomic E-state index is -0.480. The molecule has 2 aliphatic heterocycles. The van der Waals surface area contributed by atoms with Gasteiger partial charge in [-0.25, -0.2) is 8.78 Å². The molecule has 0 radical (unpaired) electrons. The van der Waals surface area contributed by atoms with Crippen LogP contribution in [-0.4, -0.2) is 20.8 Å². The van der Waals surface area contributed by atoms with Crippen molar-refractivity contribution in [3.63, 3.8) is 0 Å². The average Bonchev–Trinajstić information content (AvgIpc) is 3.12. The van der Waals surface area contributed by atoms with Gasteiger partial charge in [0.05, 0.1) is 3.70 Å². The SMILES string of the molecule is Cn1cc(C2=CN3C(I)=CNC3C(F)=C2)c(-c2ccc(F)cc2)n1. The molecule has 2 aliphatic rings. The normalized spacial score (nSPS) is 19.4. The molecule has 4 nitrogen and oxygen atoms in total. The van der Waals surface area contributed by atoms with Crippen LogP contribution in [0.2, 0.25) is 0 Å². The third kappa shape index (κ3) is 2.52. The highest BCUT2D eigenvalue weighted by Crippen LogP contribution is 2.36. The number of fused-ring (bicyclic) bond motifs is 1. The molecular formula is C17H13F2IN4. The Hall–Kier alpha value is -2.16. The summed E-state index contributed by atoms with van der Waals surface area (Å²) in [5.74, 6) is -0.561.